The monoisotopic (exact) mass is 629 g/mol. The van der Waals surface area contributed by atoms with Crippen LogP contribution in [0.5, 0.6) is 17.2 Å². The normalized spacial score (nSPS) is 13.5. The Hall–Kier alpha value is -4.97. The number of methoxy groups -OCH3 is 3. The fourth-order valence-electron chi connectivity index (χ4n) is 5.47. The van der Waals surface area contributed by atoms with Crippen LogP contribution in [0.2, 0.25) is 0 Å². The first-order chi connectivity index (χ1) is 21.8. The van der Waals surface area contributed by atoms with Crippen molar-refractivity contribution in [1.82, 2.24) is 15.3 Å². The third-order valence-corrected chi connectivity index (χ3v) is 8.25. The zero-order chi connectivity index (χ0) is 31.9. The Labute approximate surface area is 265 Å². The second kappa shape index (κ2) is 14.2. The predicted molar refractivity (Wildman–Crippen MR) is 174 cm³/mol. The number of fused-ring (bicyclic) bond motifs is 3. The molecule has 2 aromatic carbocycles. The van der Waals surface area contributed by atoms with Crippen LogP contribution >= 0.6 is 11.3 Å². The Morgan fingerprint density at radius 3 is 2.56 bits per heavy atom. The van der Waals surface area contributed by atoms with Gasteiger partial charge in [0.1, 0.15) is 5.69 Å². The first-order valence-corrected chi connectivity index (χ1v) is 15.4. The summed E-state index contributed by atoms with van der Waals surface area (Å²) in [4.78, 5) is 46.9. The highest BCUT2D eigenvalue weighted by molar-refractivity contribution is 7.14. The van der Waals surface area contributed by atoms with Gasteiger partial charge >= 0.3 is 0 Å². The topological polar surface area (TPSA) is 141 Å². The molecular formula is C33H35N5O6S. The van der Waals surface area contributed by atoms with E-state index in [2.05, 4.69) is 25.9 Å². The molecule has 12 heteroatoms. The Balaban J connectivity index is 1.34. The number of nitrogens with one attached hydrogen (secondary N) is 3. The summed E-state index contributed by atoms with van der Waals surface area (Å²) in [6.07, 6.45) is 3.61. The van der Waals surface area contributed by atoms with Gasteiger partial charge in [0.05, 0.1) is 38.8 Å². The quantitative estimate of drug-likeness (QED) is 0.191. The lowest BCUT2D eigenvalue weighted by atomic mass is 9.95. The molecule has 0 unspecified atom stereocenters. The number of anilines is 2. The molecule has 2 aromatic heterocycles. The van der Waals surface area contributed by atoms with E-state index in [4.69, 9.17) is 14.2 Å². The van der Waals surface area contributed by atoms with E-state index in [9.17, 15) is 14.4 Å². The molecule has 5 rings (SSSR count). The first kappa shape index (κ1) is 31.5. The number of amides is 2. The summed E-state index contributed by atoms with van der Waals surface area (Å²) in [6.45, 7) is 1.86. The molecule has 1 aliphatic rings. The number of ether oxygens (including phenoxy) is 3. The van der Waals surface area contributed by atoms with Crippen molar-refractivity contribution in [3.8, 4) is 39.8 Å². The molecule has 0 bridgehead atoms. The Kier molecular flexibility index (Phi) is 9.93. The number of carbonyl (C=O) groups is 2. The molecule has 3 N–H and O–H groups in total. The molecule has 2 amide bonds. The molecule has 0 saturated carbocycles. The third-order valence-electron chi connectivity index (χ3n) is 7.49. The SMILES string of the molecule is COc1cc2c(c(OC)c1OC)-c1ccc(NCCCC(=O)Nc3nc(-c4ccccn4)cs3)c(=O)cc1[C@H](NC(C)=O)CC2. The van der Waals surface area contributed by atoms with Crippen molar-refractivity contribution in [2.75, 3.05) is 38.5 Å². The number of aryl methyl sites for hydroxylation is 1. The minimum Gasteiger partial charge on any atom is -0.493 e. The number of rotatable bonds is 11. The molecule has 2 heterocycles. The summed E-state index contributed by atoms with van der Waals surface area (Å²) in [5.74, 6) is 1.10. The zero-order valence-corrected chi connectivity index (χ0v) is 26.4. The standard InChI is InChI=1S/C33H35N5O6S/c1-19(39)36-23-12-10-20-16-28(42-2)31(43-3)32(44-4)30(20)21-11-13-25(27(40)17-22(21)23)35-15-7-9-29(41)38-33-37-26(18-45-33)24-8-5-6-14-34-24/h5-6,8,11,13-14,16-18,23H,7,9-10,12,15H2,1-4H3,(H,35,40)(H,36,39)(H,37,38,41)/t23-/m1/s1. The molecule has 0 spiro atoms. The lowest BCUT2D eigenvalue weighted by Gasteiger charge is -2.19. The smallest absolute Gasteiger partial charge is 0.226 e. The van der Waals surface area contributed by atoms with E-state index < -0.39 is 6.04 Å². The molecule has 0 radical (unpaired) electrons. The minimum atomic E-state index is -0.396. The Bertz CT molecular complexity index is 1760. The number of carbonyl (C=O) groups excluding carboxylic acids is 2. The summed E-state index contributed by atoms with van der Waals surface area (Å²) in [5, 5.41) is 11.4. The van der Waals surface area contributed by atoms with Crippen LogP contribution in [0.4, 0.5) is 10.8 Å². The van der Waals surface area contributed by atoms with Crippen LogP contribution in [0.15, 0.2) is 58.8 Å². The lowest BCUT2D eigenvalue weighted by molar-refractivity contribution is -0.119. The second-order valence-corrected chi connectivity index (χ2v) is 11.3. The first-order valence-electron chi connectivity index (χ1n) is 14.5. The number of thiazole rings is 1. The van der Waals surface area contributed by atoms with Crippen LogP contribution in [0.3, 0.4) is 0 Å². The van der Waals surface area contributed by atoms with Crippen LogP contribution in [-0.4, -0.2) is 49.7 Å². The number of aromatic nitrogens is 2. The lowest BCUT2D eigenvalue weighted by Crippen LogP contribution is -2.26. The average Bonchev–Trinajstić information content (AvgIpc) is 3.38. The predicted octanol–water partition coefficient (Wildman–Crippen LogP) is 5.21. The van der Waals surface area contributed by atoms with E-state index in [-0.39, 0.29) is 23.7 Å². The van der Waals surface area contributed by atoms with E-state index in [1.54, 1.807) is 39.7 Å². The van der Waals surface area contributed by atoms with E-state index in [0.29, 0.717) is 65.1 Å². The summed E-state index contributed by atoms with van der Waals surface area (Å²) in [5.41, 5.74) is 4.75. The van der Waals surface area contributed by atoms with Crippen molar-refractivity contribution in [2.24, 2.45) is 0 Å². The van der Waals surface area contributed by atoms with Crippen LogP contribution in [0.1, 0.15) is 43.4 Å². The van der Waals surface area contributed by atoms with Gasteiger partial charge < -0.3 is 30.2 Å². The van der Waals surface area contributed by atoms with Crippen molar-refractivity contribution >= 4 is 34.0 Å². The van der Waals surface area contributed by atoms with Crippen molar-refractivity contribution in [2.45, 2.75) is 38.6 Å². The summed E-state index contributed by atoms with van der Waals surface area (Å²) in [6, 6.07) is 12.3. The van der Waals surface area contributed by atoms with Crippen molar-refractivity contribution in [3.63, 3.8) is 0 Å². The fourth-order valence-corrected chi connectivity index (χ4v) is 6.19. The number of nitrogens with zero attached hydrogens (tertiary/aromatic N) is 2. The van der Waals surface area contributed by atoms with E-state index >= 15 is 0 Å². The average molecular weight is 630 g/mol. The highest BCUT2D eigenvalue weighted by atomic mass is 32.1. The Morgan fingerprint density at radius 1 is 1.02 bits per heavy atom. The number of benzene rings is 1. The molecule has 0 saturated heterocycles. The van der Waals surface area contributed by atoms with Gasteiger partial charge in [-0.15, -0.1) is 11.3 Å². The van der Waals surface area contributed by atoms with Gasteiger partial charge in [0, 0.05) is 37.0 Å². The summed E-state index contributed by atoms with van der Waals surface area (Å²) in [7, 11) is 4.68. The molecule has 11 nitrogen and oxygen atoms in total. The Morgan fingerprint density at radius 2 is 1.84 bits per heavy atom. The van der Waals surface area contributed by atoms with Gasteiger partial charge in [0.2, 0.25) is 23.0 Å². The van der Waals surface area contributed by atoms with Crippen molar-refractivity contribution < 1.29 is 23.8 Å². The maximum Gasteiger partial charge on any atom is 0.226 e. The van der Waals surface area contributed by atoms with Crippen molar-refractivity contribution in [3.05, 3.63) is 75.4 Å². The maximum absolute atomic E-state index is 13.5. The molecule has 1 atom stereocenters. The zero-order valence-electron chi connectivity index (χ0n) is 25.6. The van der Waals surface area contributed by atoms with E-state index in [1.165, 1.54) is 18.3 Å². The van der Waals surface area contributed by atoms with Gasteiger partial charge in [-0.05, 0) is 66.3 Å². The molecule has 0 fully saturated rings. The van der Waals surface area contributed by atoms with Crippen LogP contribution in [0, 0.1) is 0 Å². The molecular weight excluding hydrogens is 594 g/mol. The minimum absolute atomic E-state index is 0.169. The number of hydrogen-bond donors (Lipinski definition) is 3. The number of hydrogen-bond acceptors (Lipinski definition) is 10. The van der Waals surface area contributed by atoms with Gasteiger partial charge in [0.25, 0.3) is 0 Å². The second-order valence-electron chi connectivity index (χ2n) is 10.4. The highest BCUT2D eigenvalue weighted by Gasteiger charge is 2.29. The molecule has 45 heavy (non-hydrogen) atoms. The summed E-state index contributed by atoms with van der Waals surface area (Å²) >= 11 is 1.34. The van der Waals surface area contributed by atoms with Crippen LogP contribution < -0.4 is 35.6 Å². The van der Waals surface area contributed by atoms with Crippen molar-refractivity contribution in [1.29, 1.82) is 0 Å². The fraction of sp³-hybridized carbons (Fsp3) is 0.303. The van der Waals surface area contributed by atoms with Gasteiger partial charge in [-0.3, -0.25) is 19.4 Å². The van der Waals surface area contributed by atoms with Gasteiger partial charge in [-0.2, -0.15) is 0 Å². The van der Waals surface area contributed by atoms with Gasteiger partial charge in [-0.25, -0.2) is 4.98 Å². The van der Waals surface area contributed by atoms with Crippen LogP contribution in [-0.2, 0) is 16.0 Å². The largest absolute Gasteiger partial charge is 0.493 e. The number of pyridine rings is 1. The maximum atomic E-state index is 13.5. The van der Waals surface area contributed by atoms with E-state index in [1.807, 2.05) is 35.7 Å². The van der Waals surface area contributed by atoms with Gasteiger partial charge in [-0.1, -0.05) is 12.1 Å². The molecule has 234 valence electrons. The molecule has 1 aliphatic carbocycles. The van der Waals surface area contributed by atoms with Crippen LogP contribution in [0.25, 0.3) is 22.5 Å². The molecule has 0 aliphatic heterocycles. The molecule has 4 aromatic rings. The van der Waals surface area contributed by atoms with E-state index in [0.717, 1.165) is 22.4 Å². The highest BCUT2D eigenvalue weighted by Crippen LogP contribution is 2.50. The third kappa shape index (κ3) is 7.07. The summed E-state index contributed by atoms with van der Waals surface area (Å²) < 4.78 is 17.1. The van der Waals surface area contributed by atoms with Gasteiger partial charge in [0.15, 0.2) is 16.6 Å².